The van der Waals surface area contributed by atoms with E-state index >= 15 is 0 Å². The highest BCUT2D eigenvalue weighted by Crippen LogP contribution is 2.28. The van der Waals surface area contributed by atoms with E-state index in [4.69, 9.17) is 4.42 Å². The van der Waals surface area contributed by atoms with Gasteiger partial charge in [-0.2, -0.15) is 4.31 Å². The van der Waals surface area contributed by atoms with Crippen LogP contribution in [0.1, 0.15) is 31.7 Å². The minimum Gasteiger partial charge on any atom is -0.411 e. The topological polar surface area (TPSA) is 105 Å². The van der Waals surface area contributed by atoms with Crippen molar-refractivity contribution in [3.8, 4) is 11.5 Å². The van der Waals surface area contributed by atoms with Crippen molar-refractivity contribution >= 4 is 27.7 Å². The smallest absolute Gasteiger partial charge is 0.277 e. The molecule has 1 aliphatic rings. The largest absolute Gasteiger partial charge is 0.411 e. The Labute approximate surface area is 197 Å². The predicted octanol–water partition coefficient (Wildman–Crippen LogP) is 3.71. The summed E-state index contributed by atoms with van der Waals surface area (Å²) in [6, 6.07) is 16.2. The Kier molecular flexibility index (Phi) is 7.46. The van der Waals surface area contributed by atoms with Crippen LogP contribution in [0.2, 0.25) is 0 Å². The van der Waals surface area contributed by atoms with E-state index in [-0.39, 0.29) is 21.9 Å². The molecule has 1 fully saturated rings. The zero-order valence-electron chi connectivity index (χ0n) is 18.3. The molecule has 1 amide bonds. The van der Waals surface area contributed by atoms with Gasteiger partial charge in [-0.3, -0.25) is 4.79 Å². The average molecular weight is 487 g/mol. The fourth-order valence-corrected chi connectivity index (χ4v) is 5.82. The first-order chi connectivity index (χ1) is 15.9. The standard InChI is InChI=1S/C23H26N4O4S2/c1-17(21(28)24-16-18-9-4-2-5-10-18)32-23-26-25-22(31-23)19-11-8-12-20(15-19)33(29,30)27-13-6-3-7-14-27/h2,4-5,8-12,15,17H,3,6-7,13-14,16H2,1H3,(H,24,28)/t17-/m0/s1. The SMILES string of the molecule is C[C@H](Sc1nnc(-c2cccc(S(=O)(=O)N3CCCCC3)c2)o1)C(=O)NCc1ccccc1. The number of piperidine rings is 1. The molecule has 1 atom stereocenters. The first-order valence-corrected chi connectivity index (χ1v) is 13.2. The van der Waals surface area contributed by atoms with Crippen LogP contribution in [0.5, 0.6) is 0 Å². The predicted molar refractivity (Wildman–Crippen MR) is 126 cm³/mol. The third-order valence-corrected chi connectivity index (χ3v) is 8.23. The van der Waals surface area contributed by atoms with Crippen LogP contribution in [-0.4, -0.2) is 47.2 Å². The molecule has 2 aromatic carbocycles. The number of hydrogen-bond acceptors (Lipinski definition) is 7. The van der Waals surface area contributed by atoms with Crippen LogP contribution < -0.4 is 5.32 Å². The van der Waals surface area contributed by atoms with E-state index in [1.807, 2.05) is 30.3 Å². The summed E-state index contributed by atoms with van der Waals surface area (Å²) in [7, 11) is -3.56. The summed E-state index contributed by atoms with van der Waals surface area (Å²) >= 11 is 1.16. The molecule has 1 aromatic heterocycles. The molecular formula is C23H26N4O4S2. The summed E-state index contributed by atoms with van der Waals surface area (Å²) in [5.41, 5.74) is 1.54. The highest BCUT2D eigenvalue weighted by molar-refractivity contribution is 8.00. The first-order valence-electron chi connectivity index (χ1n) is 10.9. The van der Waals surface area contributed by atoms with Gasteiger partial charge in [0.1, 0.15) is 0 Å². The lowest BCUT2D eigenvalue weighted by molar-refractivity contribution is -0.120. The number of amides is 1. The number of aromatic nitrogens is 2. The highest BCUT2D eigenvalue weighted by Gasteiger charge is 2.26. The minimum atomic E-state index is -3.56. The van der Waals surface area contributed by atoms with Gasteiger partial charge in [0.2, 0.25) is 21.8 Å². The second-order valence-corrected chi connectivity index (χ2v) is 11.1. The first kappa shape index (κ1) is 23.5. The maximum Gasteiger partial charge on any atom is 0.277 e. The second-order valence-electron chi connectivity index (χ2n) is 7.83. The quantitative estimate of drug-likeness (QED) is 0.484. The van der Waals surface area contributed by atoms with E-state index in [2.05, 4.69) is 15.5 Å². The van der Waals surface area contributed by atoms with Gasteiger partial charge in [-0.25, -0.2) is 8.42 Å². The van der Waals surface area contributed by atoms with Gasteiger partial charge in [-0.1, -0.05) is 54.6 Å². The van der Waals surface area contributed by atoms with Crippen molar-refractivity contribution in [2.75, 3.05) is 13.1 Å². The maximum absolute atomic E-state index is 13.0. The van der Waals surface area contributed by atoms with E-state index in [1.165, 1.54) is 4.31 Å². The zero-order chi connectivity index (χ0) is 23.3. The number of carbonyl (C=O) groups is 1. The molecule has 1 N–H and O–H groups in total. The summed E-state index contributed by atoms with van der Waals surface area (Å²) in [4.78, 5) is 12.6. The normalized spacial score (nSPS) is 15.8. The Morgan fingerprint density at radius 1 is 1.09 bits per heavy atom. The number of nitrogens with zero attached hydrogens (tertiary/aromatic N) is 3. The van der Waals surface area contributed by atoms with E-state index in [0.717, 1.165) is 36.6 Å². The number of sulfonamides is 1. The van der Waals surface area contributed by atoms with E-state index in [1.54, 1.807) is 31.2 Å². The molecule has 3 aromatic rings. The number of benzene rings is 2. The molecule has 174 valence electrons. The van der Waals surface area contributed by atoms with Crippen LogP contribution in [0, 0.1) is 0 Å². The molecule has 8 nitrogen and oxygen atoms in total. The van der Waals surface area contributed by atoms with Gasteiger partial charge in [0.25, 0.3) is 5.22 Å². The lowest BCUT2D eigenvalue weighted by Crippen LogP contribution is -2.35. The number of nitrogens with one attached hydrogen (secondary N) is 1. The van der Waals surface area contributed by atoms with Crippen molar-refractivity contribution in [1.82, 2.24) is 19.8 Å². The number of carbonyl (C=O) groups excluding carboxylic acids is 1. The van der Waals surface area contributed by atoms with Crippen LogP contribution in [0.3, 0.4) is 0 Å². The zero-order valence-corrected chi connectivity index (χ0v) is 19.9. The summed E-state index contributed by atoms with van der Waals surface area (Å²) < 4.78 is 33.2. The Morgan fingerprint density at radius 2 is 1.85 bits per heavy atom. The number of rotatable bonds is 8. The Balaban J connectivity index is 1.41. The fourth-order valence-electron chi connectivity index (χ4n) is 3.55. The molecule has 10 heteroatoms. The van der Waals surface area contributed by atoms with E-state index < -0.39 is 15.3 Å². The molecule has 0 spiro atoms. The molecule has 33 heavy (non-hydrogen) atoms. The van der Waals surface area contributed by atoms with Crippen LogP contribution in [0.4, 0.5) is 0 Å². The van der Waals surface area contributed by atoms with Gasteiger partial charge in [0, 0.05) is 25.2 Å². The summed E-state index contributed by atoms with van der Waals surface area (Å²) in [6.45, 7) is 3.29. The summed E-state index contributed by atoms with van der Waals surface area (Å²) in [5, 5.41) is 10.8. The number of thioether (sulfide) groups is 1. The van der Waals surface area contributed by atoms with E-state index in [9.17, 15) is 13.2 Å². The third-order valence-electron chi connectivity index (χ3n) is 5.40. The molecule has 0 bridgehead atoms. The maximum atomic E-state index is 13.0. The van der Waals surface area contributed by atoms with Crippen molar-refractivity contribution in [2.24, 2.45) is 0 Å². The molecule has 4 rings (SSSR count). The van der Waals surface area contributed by atoms with Gasteiger partial charge in [0.05, 0.1) is 10.1 Å². The summed E-state index contributed by atoms with van der Waals surface area (Å²) in [5.74, 6) is 0.0725. The van der Waals surface area contributed by atoms with Crippen molar-refractivity contribution in [1.29, 1.82) is 0 Å². The Morgan fingerprint density at radius 3 is 2.61 bits per heavy atom. The van der Waals surface area contributed by atoms with Gasteiger partial charge in [-0.15, -0.1) is 10.2 Å². The molecule has 0 radical (unpaired) electrons. The van der Waals surface area contributed by atoms with Gasteiger partial charge in [-0.05, 0) is 43.5 Å². The molecule has 1 aliphatic heterocycles. The van der Waals surface area contributed by atoms with Crippen LogP contribution in [0.15, 0.2) is 69.1 Å². The van der Waals surface area contributed by atoms with Crippen LogP contribution in [-0.2, 0) is 21.4 Å². The number of hydrogen-bond donors (Lipinski definition) is 1. The van der Waals surface area contributed by atoms with Gasteiger partial charge < -0.3 is 9.73 Å². The third kappa shape index (κ3) is 5.82. The molecule has 2 heterocycles. The van der Waals surface area contributed by atoms with Crippen LogP contribution in [0.25, 0.3) is 11.5 Å². The van der Waals surface area contributed by atoms with Crippen molar-refractivity contribution in [3.63, 3.8) is 0 Å². The lowest BCUT2D eigenvalue weighted by atomic mass is 10.2. The molecular weight excluding hydrogens is 460 g/mol. The highest BCUT2D eigenvalue weighted by atomic mass is 32.2. The molecule has 1 saturated heterocycles. The minimum absolute atomic E-state index is 0.141. The fraction of sp³-hybridized carbons (Fsp3) is 0.348. The molecule has 0 unspecified atom stereocenters. The Hall–Kier alpha value is -2.69. The molecule has 0 saturated carbocycles. The van der Waals surface area contributed by atoms with Crippen molar-refractivity contribution in [3.05, 3.63) is 60.2 Å². The van der Waals surface area contributed by atoms with Crippen molar-refractivity contribution in [2.45, 2.75) is 48.1 Å². The molecule has 0 aliphatic carbocycles. The lowest BCUT2D eigenvalue weighted by Gasteiger charge is -2.25. The van der Waals surface area contributed by atoms with Crippen molar-refractivity contribution < 1.29 is 17.6 Å². The van der Waals surface area contributed by atoms with Gasteiger partial charge >= 0.3 is 0 Å². The average Bonchev–Trinajstić information content (AvgIpc) is 3.32. The monoisotopic (exact) mass is 486 g/mol. The van der Waals surface area contributed by atoms with Gasteiger partial charge in [0.15, 0.2) is 0 Å². The summed E-state index contributed by atoms with van der Waals surface area (Å²) in [6.07, 6.45) is 2.80. The van der Waals surface area contributed by atoms with Crippen LogP contribution >= 0.6 is 11.8 Å². The Bertz CT molecular complexity index is 1190. The second kappa shape index (κ2) is 10.5. The van der Waals surface area contributed by atoms with E-state index in [0.29, 0.717) is 25.2 Å².